The average Bonchev–Trinajstić information content (AvgIpc) is 3.07. The molecule has 3 aliphatic rings. The quantitative estimate of drug-likeness (QED) is 0.759. The fourth-order valence-electron chi connectivity index (χ4n) is 4.51. The van der Waals surface area contributed by atoms with Crippen LogP contribution in [-0.2, 0) is 10.2 Å². The molecule has 0 radical (unpaired) electrons. The van der Waals surface area contributed by atoms with Gasteiger partial charge in [0.15, 0.2) is 0 Å². The van der Waals surface area contributed by atoms with Gasteiger partial charge in [0.1, 0.15) is 6.04 Å². The zero-order chi connectivity index (χ0) is 16.6. The molecule has 3 heterocycles. The Balaban J connectivity index is 1.40. The highest BCUT2D eigenvalue weighted by Gasteiger charge is 2.44. The van der Waals surface area contributed by atoms with E-state index < -0.39 is 0 Å². The smallest absolute Gasteiger partial charge is 0.241 e. The number of rotatable bonds is 2. The summed E-state index contributed by atoms with van der Waals surface area (Å²) in [7, 11) is 0. The zero-order valence-electron chi connectivity index (χ0n) is 14.4. The van der Waals surface area contributed by atoms with E-state index in [1.165, 1.54) is 5.56 Å². The molecule has 5 nitrogen and oxygen atoms in total. The van der Waals surface area contributed by atoms with Crippen LogP contribution in [0.3, 0.4) is 0 Å². The Bertz CT molecular complexity index is 582. The minimum atomic E-state index is -0.0797. The van der Waals surface area contributed by atoms with Crippen LogP contribution in [0.2, 0.25) is 0 Å². The Kier molecular flexibility index (Phi) is 4.33. The van der Waals surface area contributed by atoms with Crippen LogP contribution in [-0.4, -0.2) is 49.1 Å². The van der Waals surface area contributed by atoms with E-state index in [0.29, 0.717) is 12.0 Å². The molecule has 0 saturated carbocycles. The number of nitrogens with zero attached hydrogens (tertiary/aromatic N) is 1. The fourth-order valence-corrected chi connectivity index (χ4v) is 4.51. The standard InChI is InChI=1S/C19H28N4O/c1-19(14-5-3-2-4-6-14)8-11-23(12-9-19)18(24)17-15-13-20-10-7-16(15)21-22-17/h2-6,15-17,20-22H,7-13H2,1H3. The van der Waals surface area contributed by atoms with Gasteiger partial charge in [0.05, 0.1) is 0 Å². The zero-order valence-corrected chi connectivity index (χ0v) is 14.4. The van der Waals surface area contributed by atoms with Gasteiger partial charge in [-0.2, -0.15) is 0 Å². The number of benzene rings is 1. The van der Waals surface area contributed by atoms with Gasteiger partial charge in [-0.1, -0.05) is 37.3 Å². The third-order valence-electron chi connectivity index (χ3n) is 6.30. The van der Waals surface area contributed by atoms with Gasteiger partial charge in [-0.3, -0.25) is 10.2 Å². The Morgan fingerprint density at radius 1 is 1.17 bits per heavy atom. The van der Waals surface area contributed by atoms with E-state index >= 15 is 0 Å². The fraction of sp³-hybridized carbons (Fsp3) is 0.632. The molecule has 1 aromatic carbocycles. The van der Waals surface area contributed by atoms with E-state index in [1.807, 2.05) is 0 Å². The van der Waals surface area contributed by atoms with Gasteiger partial charge in [0.25, 0.3) is 0 Å². The van der Waals surface area contributed by atoms with Crippen molar-refractivity contribution in [2.75, 3.05) is 26.2 Å². The van der Waals surface area contributed by atoms with Crippen molar-refractivity contribution < 1.29 is 4.79 Å². The van der Waals surface area contributed by atoms with Crippen LogP contribution in [0.15, 0.2) is 30.3 Å². The summed E-state index contributed by atoms with van der Waals surface area (Å²) < 4.78 is 0. The van der Waals surface area contributed by atoms with E-state index in [1.54, 1.807) is 0 Å². The number of fused-ring (bicyclic) bond motifs is 1. The number of hydrogen-bond acceptors (Lipinski definition) is 4. The molecule has 3 atom stereocenters. The second-order valence-electron chi connectivity index (χ2n) is 7.78. The van der Waals surface area contributed by atoms with Crippen molar-refractivity contribution in [3.05, 3.63) is 35.9 Å². The highest BCUT2D eigenvalue weighted by atomic mass is 16.2. The van der Waals surface area contributed by atoms with Crippen LogP contribution in [0.5, 0.6) is 0 Å². The summed E-state index contributed by atoms with van der Waals surface area (Å²) in [6.45, 7) is 6.01. The molecule has 0 bridgehead atoms. The van der Waals surface area contributed by atoms with Gasteiger partial charge < -0.3 is 10.2 Å². The molecule has 3 aliphatic heterocycles. The lowest BCUT2D eigenvalue weighted by Gasteiger charge is -2.41. The molecule has 130 valence electrons. The lowest BCUT2D eigenvalue weighted by Crippen LogP contribution is -2.53. The Morgan fingerprint density at radius 2 is 1.92 bits per heavy atom. The number of likely N-dealkylation sites (tertiary alicyclic amines) is 1. The SMILES string of the molecule is CC1(c2ccccc2)CCN(C(=O)C2NNC3CCNCC32)CC1. The third-order valence-corrected chi connectivity index (χ3v) is 6.30. The van der Waals surface area contributed by atoms with Gasteiger partial charge >= 0.3 is 0 Å². The first-order valence-electron chi connectivity index (χ1n) is 9.23. The summed E-state index contributed by atoms with van der Waals surface area (Å²) in [6, 6.07) is 11.1. The van der Waals surface area contributed by atoms with E-state index in [4.69, 9.17) is 0 Å². The monoisotopic (exact) mass is 328 g/mol. The molecule has 0 aliphatic carbocycles. The van der Waals surface area contributed by atoms with Crippen LogP contribution in [0.1, 0.15) is 31.7 Å². The van der Waals surface area contributed by atoms with Gasteiger partial charge in [-0.05, 0) is 36.8 Å². The molecule has 3 unspecified atom stereocenters. The maximum Gasteiger partial charge on any atom is 0.241 e. The topological polar surface area (TPSA) is 56.4 Å². The molecule has 1 aromatic rings. The predicted octanol–water partition coefficient (Wildman–Crippen LogP) is 1.02. The van der Waals surface area contributed by atoms with Crippen molar-refractivity contribution in [3.8, 4) is 0 Å². The second-order valence-corrected chi connectivity index (χ2v) is 7.78. The lowest BCUT2D eigenvalue weighted by molar-refractivity contribution is -0.135. The van der Waals surface area contributed by atoms with Gasteiger partial charge in [0.2, 0.25) is 5.91 Å². The number of nitrogens with one attached hydrogen (secondary N) is 3. The molecular weight excluding hydrogens is 300 g/mol. The highest BCUT2D eigenvalue weighted by molar-refractivity contribution is 5.83. The first-order chi connectivity index (χ1) is 11.7. The minimum Gasteiger partial charge on any atom is -0.341 e. The predicted molar refractivity (Wildman–Crippen MR) is 94.4 cm³/mol. The van der Waals surface area contributed by atoms with Crippen LogP contribution < -0.4 is 16.2 Å². The summed E-state index contributed by atoms with van der Waals surface area (Å²) in [5.74, 6) is 0.641. The normalized spacial score (nSPS) is 32.4. The van der Waals surface area contributed by atoms with Crippen molar-refractivity contribution in [3.63, 3.8) is 0 Å². The Hall–Kier alpha value is -1.43. The van der Waals surface area contributed by atoms with E-state index in [0.717, 1.165) is 45.4 Å². The van der Waals surface area contributed by atoms with Gasteiger partial charge in [-0.25, -0.2) is 5.43 Å². The van der Waals surface area contributed by atoms with E-state index in [2.05, 4.69) is 58.3 Å². The number of hydrazine groups is 1. The van der Waals surface area contributed by atoms with Crippen molar-refractivity contribution in [2.24, 2.45) is 5.92 Å². The summed E-state index contributed by atoms with van der Waals surface area (Å²) in [4.78, 5) is 15.1. The molecular formula is C19H28N4O. The number of amides is 1. The van der Waals surface area contributed by atoms with Crippen molar-refractivity contribution in [2.45, 2.75) is 43.7 Å². The molecule has 4 rings (SSSR count). The minimum absolute atomic E-state index is 0.0797. The Morgan fingerprint density at radius 3 is 2.67 bits per heavy atom. The van der Waals surface area contributed by atoms with Crippen LogP contribution in [0, 0.1) is 5.92 Å². The largest absolute Gasteiger partial charge is 0.341 e. The van der Waals surface area contributed by atoms with Gasteiger partial charge in [0, 0.05) is 31.6 Å². The number of carbonyl (C=O) groups excluding carboxylic acids is 1. The third kappa shape index (κ3) is 2.85. The number of carbonyl (C=O) groups is 1. The molecule has 24 heavy (non-hydrogen) atoms. The number of hydrogen-bond donors (Lipinski definition) is 3. The molecule has 5 heteroatoms. The first kappa shape index (κ1) is 16.1. The molecule has 3 fully saturated rings. The summed E-state index contributed by atoms with van der Waals surface area (Å²) in [6.07, 6.45) is 3.16. The van der Waals surface area contributed by atoms with Gasteiger partial charge in [-0.15, -0.1) is 0 Å². The molecule has 0 spiro atoms. The van der Waals surface area contributed by atoms with Crippen molar-refractivity contribution in [1.29, 1.82) is 0 Å². The maximum atomic E-state index is 13.0. The number of piperidine rings is 2. The highest BCUT2D eigenvalue weighted by Crippen LogP contribution is 2.35. The van der Waals surface area contributed by atoms with E-state index in [-0.39, 0.29) is 17.4 Å². The molecule has 3 N–H and O–H groups in total. The second kappa shape index (κ2) is 6.47. The summed E-state index contributed by atoms with van der Waals surface area (Å²) in [5, 5.41) is 3.43. The summed E-state index contributed by atoms with van der Waals surface area (Å²) >= 11 is 0. The molecule has 1 amide bonds. The maximum absolute atomic E-state index is 13.0. The van der Waals surface area contributed by atoms with Crippen LogP contribution >= 0.6 is 0 Å². The lowest BCUT2D eigenvalue weighted by atomic mass is 9.74. The van der Waals surface area contributed by atoms with Crippen LogP contribution in [0.4, 0.5) is 0 Å². The summed E-state index contributed by atoms with van der Waals surface area (Å²) in [5.41, 5.74) is 8.19. The molecule has 0 aromatic heterocycles. The van der Waals surface area contributed by atoms with E-state index in [9.17, 15) is 4.79 Å². The van der Waals surface area contributed by atoms with Crippen molar-refractivity contribution in [1.82, 2.24) is 21.1 Å². The van der Waals surface area contributed by atoms with Crippen LogP contribution in [0.25, 0.3) is 0 Å². The van der Waals surface area contributed by atoms with Crippen molar-refractivity contribution >= 4 is 5.91 Å². The average molecular weight is 328 g/mol. The first-order valence-corrected chi connectivity index (χ1v) is 9.23. The molecule has 3 saturated heterocycles. The Labute approximate surface area is 144 Å².